The number of fused-ring (bicyclic) bond motifs is 1. The van der Waals surface area contributed by atoms with Crippen molar-refractivity contribution in [1.82, 2.24) is 5.32 Å². The molecular weight excluding hydrogens is 256 g/mol. The first-order valence-electron chi connectivity index (χ1n) is 6.04. The fraction of sp³-hybridized carbons (Fsp3) is 0.0667. The molecule has 0 unspecified atom stereocenters. The van der Waals surface area contributed by atoms with Crippen molar-refractivity contribution in [3.8, 4) is 5.75 Å². The minimum Gasteiger partial charge on any atom is -0.507 e. The van der Waals surface area contributed by atoms with Gasteiger partial charge in [-0.2, -0.15) is 0 Å². The van der Waals surface area contributed by atoms with Crippen LogP contribution in [0.3, 0.4) is 0 Å². The number of anilines is 1. The van der Waals surface area contributed by atoms with E-state index in [1.165, 1.54) is 6.08 Å². The van der Waals surface area contributed by atoms with Crippen molar-refractivity contribution in [3.63, 3.8) is 0 Å². The average molecular weight is 270 g/mol. The van der Waals surface area contributed by atoms with Crippen LogP contribution in [0.5, 0.6) is 5.75 Å². The van der Waals surface area contributed by atoms with E-state index in [-0.39, 0.29) is 12.3 Å². The number of hydrogen-bond donors (Lipinski definition) is 3. The number of nitrogens with one attached hydrogen (secondary N) is 2. The zero-order valence-electron chi connectivity index (χ0n) is 10.7. The lowest BCUT2D eigenvalue weighted by Crippen LogP contribution is -2.35. The van der Waals surface area contributed by atoms with Crippen molar-refractivity contribution < 1.29 is 14.7 Å². The smallest absolute Gasteiger partial charge is 0.313 e. The average Bonchev–Trinajstić information content (AvgIpc) is 2.45. The zero-order valence-corrected chi connectivity index (χ0v) is 10.7. The summed E-state index contributed by atoms with van der Waals surface area (Å²) in [6.45, 7) is 3.68. The maximum absolute atomic E-state index is 11.7. The standard InChI is InChI=1S/C15H14N2O3/c1-2-9-16-14(19)15(20)17-12-7-3-6-11-10(12)5-4-8-13(11)18/h2-8,18H,1,9H2,(H,16,19)(H,17,20). The number of amides is 2. The van der Waals surface area contributed by atoms with Gasteiger partial charge in [-0.1, -0.05) is 30.3 Å². The highest BCUT2D eigenvalue weighted by Gasteiger charge is 2.14. The molecule has 2 rings (SSSR count). The van der Waals surface area contributed by atoms with Crippen LogP contribution in [-0.4, -0.2) is 23.5 Å². The third-order valence-electron chi connectivity index (χ3n) is 2.76. The number of phenolic OH excluding ortho intramolecular Hbond substituents is 1. The number of benzene rings is 2. The Hall–Kier alpha value is -2.82. The van der Waals surface area contributed by atoms with Crippen LogP contribution < -0.4 is 10.6 Å². The number of carbonyl (C=O) groups is 2. The van der Waals surface area contributed by atoms with Gasteiger partial charge in [-0.25, -0.2) is 0 Å². The topological polar surface area (TPSA) is 78.4 Å². The SMILES string of the molecule is C=CCNC(=O)C(=O)Nc1cccc2c(O)cccc12. The molecule has 2 aromatic carbocycles. The van der Waals surface area contributed by atoms with E-state index in [0.717, 1.165) is 0 Å². The van der Waals surface area contributed by atoms with E-state index in [1.54, 1.807) is 36.4 Å². The van der Waals surface area contributed by atoms with Crippen LogP contribution in [-0.2, 0) is 9.59 Å². The minimum atomic E-state index is -0.761. The third kappa shape index (κ3) is 2.77. The molecule has 0 aromatic heterocycles. The van der Waals surface area contributed by atoms with Crippen LogP contribution in [0, 0.1) is 0 Å². The third-order valence-corrected chi connectivity index (χ3v) is 2.76. The van der Waals surface area contributed by atoms with Gasteiger partial charge in [0.05, 0.1) is 0 Å². The minimum absolute atomic E-state index is 0.120. The predicted molar refractivity (Wildman–Crippen MR) is 77.4 cm³/mol. The van der Waals surface area contributed by atoms with Crippen molar-refractivity contribution in [2.75, 3.05) is 11.9 Å². The Labute approximate surface area is 115 Å². The Morgan fingerprint density at radius 2 is 1.80 bits per heavy atom. The lowest BCUT2D eigenvalue weighted by Gasteiger charge is -2.09. The Morgan fingerprint density at radius 1 is 1.10 bits per heavy atom. The molecule has 2 aromatic rings. The van der Waals surface area contributed by atoms with Crippen molar-refractivity contribution >= 4 is 28.3 Å². The van der Waals surface area contributed by atoms with Gasteiger partial charge in [-0.05, 0) is 12.1 Å². The van der Waals surface area contributed by atoms with Crippen molar-refractivity contribution in [1.29, 1.82) is 0 Å². The highest BCUT2D eigenvalue weighted by Crippen LogP contribution is 2.29. The highest BCUT2D eigenvalue weighted by atomic mass is 16.3. The molecule has 5 heteroatoms. The number of phenols is 1. The maximum atomic E-state index is 11.7. The summed E-state index contributed by atoms with van der Waals surface area (Å²) in [5, 5.41) is 15.9. The lowest BCUT2D eigenvalue weighted by atomic mass is 10.1. The summed E-state index contributed by atoms with van der Waals surface area (Å²) in [5.74, 6) is -1.38. The normalized spacial score (nSPS) is 10.0. The highest BCUT2D eigenvalue weighted by molar-refractivity contribution is 6.40. The molecule has 5 nitrogen and oxygen atoms in total. The van der Waals surface area contributed by atoms with Crippen LogP contribution >= 0.6 is 0 Å². The van der Waals surface area contributed by atoms with Crippen molar-refractivity contribution in [2.24, 2.45) is 0 Å². The molecule has 0 bridgehead atoms. The molecule has 3 N–H and O–H groups in total. The second kappa shape index (κ2) is 5.88. The van der Waals surface area contributed by atoms with Gasteiger partial charge >= 0.3 is 11.8 Å². The summed E-state index contributed by atoms with van der Waals surface area (Å²) in [6, 6.07) is 10.1. The summed E-state index contributed by atoms with van der Waals surface area (Å²) in [5.41, 5.74) is 0.470. The molecule has 2 amide bonds. The van der Waals surface area contributed by atoms with Crippen LogP contribution in [0.2, 0.25) is 0 Å². The van der Waals surface area contributed by atoms with E-state index in [9.17, 15) is 14.7 Å². The van der Waals surface area contributed by atoms with Crippen LogP contribution in [0.15, 0.2) is 49.1 Å². The Bertz CT molecular complexity index is 680. The summed E-state index contributed by atoms with van der Waals surface area (Å²) < 4.78 is 0. The molecule has 0 heterocycles. The Balaban J connectivity index is 2.26. The van der Waals surface area contributed by atoms with Crippen LogP contribution in [0.1, 0.15) is 0 Å². The van der Waals surface area contributed by atoms with Gasteiger partial charge in [0.15, 0.2) is 0 Å². The quantitative estimate of drug-likeness (QED) is 0.587. The summed E-state index contributed by atoms with van der Waals surface area (Å²) >= 11 is 0. The van der Waals surface area contributed by atoms with E-state index in [1.807, 2.05) is 0 Å². The first-order valence-corrected chi connectivity index (χ1v) is 6.04. The number of carbonyl (C=O) groups excluding carboxylic acids is 2. The molecule has 0 spiro atoms. The van der Waals surface area contributed by atoms with Crippen molar-refractivity contribution in [3.05, 3.63) is 49.1 Å². The van der Waals surface area contributed by atoms with E-state index < -0.39 is 11.8 Å². The number of rotatable bonds is 3. The van der Waals surface area contributed by atoms with Gasteiger partial charge in [0.2, 0.25) is 0 Å². The second-order valence-electron chi connectivity index (χ2n) is 4.13. The van der Waals surface area contributed by atoms with E-state index in [4.69, 9.17) is 0 Å². The summed E-state index contributed by atoms with van der Waals surface area (Å²) in [7, 11) is 0. The molecule has 0 atom stereocenters. The van der Waals surface area contributed by atoms with Gasteiger partial charge in [-0.15, -0.1) is 6.58 Å². The Morgan fingerprint density at radius 3 is 2.55 bits per heavy atom. The van der Waals surface area contributed by atoms with Gasteiger partial charge in [0.25, 0.3) is 0 Å². The fourth-order valence-corrected chi connectivity index (χ4v) is 1.83. The number of aromatic hydroxyl groups is 1. The molecule has 0 aliphatic carbocycles. The molecule has 0 radical (unpaired) electrons. The Kier molecular flexibility index (Phi) is 4.00. The molecule has 20 heavy (non-hydrogen) atoms. The molecule has 0 saturated heterocycles. The fourth-order valence-electron chi connectivity index (χ4n) is 1.83. The summed E-state index contributed by atoms with van der Waals surface area (Å²) in [6.07, 6.45) is 1.49. The molecule has 0 aliphatic heterocycles. The van der Waals surface area contributed by atoms with Crippen molar-refractivity contribution in [2.45, 2.75) is 0 Å². The molecule has 102 valence electrons. The molecule has 0 saturated carbocycles. The molecular formula is C15H14N2O3. The predicted octanol–water partition coefficient (Wildman–Crippen LogP) is 1.79. The first-order chi connectivity index (χ1) is 9.63. The number of hydrogen-bond acceptors (Lipinski definition) is 3. The first kappa shape index (κ1) is 13.6. The molecule has 0 aliphatic rings. The summed E-state index contributed by atoms with van der Waals surface area (Å²) in [4.78, 5) is 23.2. The van der Waals surface area contributed by atoms with E-state index in [0.29, 0.717) is 16.5 Å². The molecule has 0 fully saturated rings. The second-order valence-corrected chi connectivity index (χ2v) is 4.13. The van der Waals surface area contributed by atoms with Gasteiger partial charge in [-0.3, -0.25) is 9.59 Å². The zero-order chi connectivity index (χ0) is 14.5. The van der Waals surface area contributed by atoms with Gasteiger partial charge in [0.1, 0.15) is 5.75 Å². The van der Waals surface area contributed by atoms with Crippen LogP contribution in [0.25, 0.3) is 10.8 Å². The monoisotopic (exact) mass is 270 g/mol. The largest absolute Gasteiger partial charge is 0.507 e. The van der Waals surface area contributed by atoms with Gasteiger partial charge < -0.3 is 15.7 Å². The van der Waals surface area contributed by atoms with Gasteiger partial charge in [0, 0.05) is 23.0 Å². The lowest BCUT2D eigenvalue weighted by molar-refractivity contribution is -0.136. The van der Waals surface area contributed by atoms with E-state index >= 15 is 0 Å². The maximum Gasteiger partial charge on any atom is 0.313 e. The van der Waals surface area contributed by atoms with Crippen LogP contribution in [0.4, 0.5) is 5.69 Å². The van der Waals surface area contributed by atoms with E-state index in [2.05, 4.69) is 17.2 Å².